The second kappa shape index (κ2) is 14.7. The minimum Gasteiger partial charge on any atom is -0.399 e. The third-order valence-electron chi connectivity index (χ3n) is 11.1. The Kier molecular flexibility index (Phi) is 10.7. The molecule has 0 spiro atoms. The van der Waals surface area contributed by atoms with Crippen LogP contribution in [0.2, 0.25) is 0 Å². The van der Waals surface area contributed by atoms with Crippen molar-refractivity contribution >= 4 is 11.4 Å². The van der Waals surface area contributed by atoms with Crippen molar-refractivity contribution in [3.8, 4) is 0 Å². The highest BCUT2D eigenvalue weighted by molar-refractivity contribution is 5.50. The Labute approximate surface area is 273 Å². The van der Waals surface area contributed by atoms with Crippen LogP contribution in [-0.2, 0) is 5.41 Å². The third-order valence-corrected chi connectivity index (χ3v) is 11.1. The molecule has 4 aromatic carbocycles. The molecule has 1 fully saturated rings. The van der Waals surface area contributed by atoms with Crippen molar-refractivity contribution < 1.29 is 0 Å². The van der Waals surface area contributed by atoms with Crippen LogP contribution >= 0.6 is 0 Å². The predicted molar refractivity (Wildman–Crippen MR) is 195 cm³/mol. The van der Waals surface area contributed by atoms with Gasteiger partial charge in [0.2, 0.25) is 0 Å². The van der Waals surface area contributed by atoms with Gasteiger partial charge in [-0.15, -0.1) is 0 Å². The molecule has 2 unspecified atom stereocenters. The lowest BCUT2D eigenvalue weighted by Crippen LogP contribution is -2.33. The van der Waals surface area contributed by atoms with Gasteiger partial charge >= 0.3 is 0 Å². The van der Waals surface area contributed by atoms with Gasteiger partial charge in [-0.05, 0) is 114 Å². The summed E-state index contributed by atoms with van der Waals surface area (Å²) in [7, 11) is 0. The molecule has 0 amide bonds. The number of nitrogens with two attached hydrogens (primary N) is 2. The summed E-state index contributed by atoms with van der Waals surface area (Å²) in [6.45, 7) is 11.3. The topological polar surface area (TPSA) is 52.0 Å². The molecule has 0 saturated heterocycles. The Bertz CT molecular complexity index is 1420. The summed E-state index contributed by atoms with van der Waals surface area (Å²) in [6, 6.07) is 32.0. The minimum atomic E-state index is 0.0659. The van der Waals surface area contributed by atoms with E-state index in [1.54, 1.807) is 0 Å². The maximum absolute atomic E-state index is 6.06. The average Bonchev–Trinajstić information content (AvgIpc) is 3.05. The Morgan fingerprint density at radius 1 is 0.622 bits per heavy atom. The first kappa shape index (κ1) is 32.9. The largest absolute Gasteiger partial charge is 0.399 e. The van der Waals surface area contributed by atoms with Gasteiger partial charge in [0, 0.05) is 28.6 Å². The summed E-state index contributed by atoms with van der Waals surface area (Å²) in [6.07, 6.45) is 13.4. The molecule has 1 saturated carbocycles. The molecular formula is C43H56N2. The normalized spacial score (nSPS) is 19.7. The maximum atomic E-state index is 6.06. The molecule has 45 heavy (non-hydrogen) atoms. The van der Waals surface area contributed by atoms with Crippen LogP contribution in [-0.4, -0.2) is 0 Å². The maximum Gasteiger partial charge on any atom is 0.0316 e. The Balaban J connectivity index is 1.40. The summed E-state index contributed by atoms with van der Waals surface area (Å²) in [5.74, 6) is 1.52. The van der Waals surface area contributed by atoms with E-state index in [9.17, 15) is 0 Å². The molecule has 2 heteroatoms. The number of aryl methyl sites for hydroxylation is 2. The lowest BCUT2D eigenvalue weighted by atomic mass is 9.62. The first-order chi connectivity index (χ1) is 21.7. The predicted octanol–water partition coefficient (Wildman–Crippen LogP) is 11.6. The van der Waals surface area contributed by atoms with E-state index in [0.29, 0.717) is 11.8 Å². The number of hydrogen-bond acceptors (Lipinski definition) is 2. The molecule has 0 heterocycles. The first-order valence-electron chi connectivity index (χ1n) is 17.6. The van der Waals surface area contributed by atoms with E-state index < -0.39 is 0 Å². The molecule has 0 bridgehead atoms. The van der Waals surface area contributed by atoms with E-state index in [1.165, 1.54) is 109 Å². The number of benzene rings is 4. The summed E-state index contributed by atoms with van der Waals surface area (Å²) < 4.78 is 0. The smallest absolute Gasteiger partial charge is 0.0316 e. The molecular weight excluding hydrogens is 544 g/mol. The zero-order valence-electron chi connectivity index (χ0n) is 28.5. The van der Waals surface area contributed by atoms with Gasteiger partial charge in [-0.25, -0.2) is 0 Å². The molecule has 1 aliphatic rings. The standard InChI is InChI=1S/C43H56N2/c1-6-7-8-9-10-11-34-24-26-43(27-25-34,37-16-12-35(13-17-37)32(4)41-22-20-39(44)28-30(41)2)38-18-14-36(15-19-38)33(5)42-23-21-40(45)29-31(42)3/h12-23,28-29,32-34H,6-11,24-27,44-45H2,1-5H3. The summed E-state index contributed by atoms with van der Waals surface area (Å²) in [4.78, 5) is 0. The van der Waals surface area contributed by atoms with Crippen molar-refractivity contribution in [2.75, 3.05) is 11.5 Å². The molecule has 238 valence electrons. The molecule has 4 aromatic rings. The molecule has 4 N–H and O–H groups in total. The van der Waals surface area contributed by atoms with Crippen molar-refractivity contribution in [1.29, 1.82) is 0 Å². The van der Waals surface area contributed by atoms with Gasteiger partial charge in [-0.3, -0.25) is 0 Å². The van der Waals surface area contributed by atoms with Gasteiger partial charge in [0.05, 0.1) is 0 Å². The van der Waals surface area contributed by atoms with E-state index >= 15 is 0 Å². The van der Waals surface area contributed by atoms with E-state index in [0.717, 1.165) is 17.3 Å². The van der Waals surface area contributed by atoms with Crippen molar-refractivity contribution in [1.82, 2.24) is 0 Å². The lowest BCUT2D eigenvalue weighted by molar-refractivity contribution is 0.250. The van der Waals surface area contributed by atoms with Crippen molar-refractivity contribution in [2.45, 2.75) is 116 Å². The second-order valence-corrected chi connectivity index (χ2v) is 14.1. The first-order valence-corrected chi connectivity index (χ1v) is 17.6. The van der Waals surface area contributed by atoms with Gasteiger partial charge in [-0.2, -0.15) is 0 Å². The average molecular weight is 601 g/mol. The quantitative estimate of drug-likeness (QED) is 0.125. The van der Waals surface area contributed by atoms with E-state index in [4.69, 9.17) is 11.5 Å². The highest BCUT2D eigenvalue weighted by Gasteiger charge is 2.38. The monoisotopic (exact) mass is 600 g/mol. The highest BCUT2D eigenvalue weighted by atomic mass is 14.5. The molecule has 1 aliphatic carbocycles. The Hall–Kier alpha value is -3.52. The lowest BCUT2D eigenvalue weighted by Gasteiger charge is -2.42. The van der Waals surface area contributed by atoms with Crippen molar-refractivity contribution in [3.63, 3.8) is 0 Å². The molecule has 2 nitrogen and oxygen atoms in total. The van der Waals surface area contributed by atoms with Crippen LogP contribution in [0.4, 0.5) is 11.4 Å². The van der Waals surface area contributed by atoms with Crippen molar-refractivity contribution in [3.05, 3.63) is 129 Å². The summed E-state index contributed by atoms with van der Waals surface area (Å²) in [5, 5.41) is 0. The summed E-state index contributed by atoms with van der Waals surface area (Å²) >= 11 is 0. The van der Waals surface area contributed by atoms with Crippen LogP contribution in [0.5, 0.6) is 0 Å². The van der Waals surface area contributed by atoms with Crippen LogP contribution in [0.15, 0.2) is 84.9 Å². The van der Waals surface area contributed by atoms with Crippen LogP contribution in [0, 0.1) is 19.8 Å². The fourth-order valence-corrected chi connectivity index (χ4v) is 8.15. The fourth-order valence-electron chi connectivity index (χ4n) is 8.15. The fraction of sp³-hybridized carbons (Fsp3) is 0.442. The van der Waals surface area contributed by atoms with Crippen LogP contribution in [0.1, 0.15) is 141 Å². The van der Waals surface area contributed by atoms with E-state index in [1.807, 2.05) is 12.1 Å². The number of unbranched alkanes of at least 4 members (excludes halogenated alkanes) is 4. The van der Waals surface area contributed by atoms with Crippen molar-refractivity contribution in [2.24, 2.45) is 5.92 Å². The third kappa shape index (κ3) is 7.49. The molecule has 2 atom stereocenters. The van der Waals surface area contributed by atoms with E-state index in [2.05, 4.69) is 107 Å². The van der Waals surface area contributed by atoms with Crippen LogP contribution in [0.25, 0.3) is 0 Å². The second-order valence-electron chi connectivity index (χ2n) is 14.1. The van der Waals surface area contributed by atoms with E-state index in [-0.39, 0.29) is 5.41 Å². The molecule has 0 radical (unpaired) electrons. The Morgan fingerprint density at radius 3 is 1.49 bits per heavy atom. The molecule has 0 aliphatic heterocycles. The number of nitrogen functional groups attached to an aromatic ring is 2. The Morgan fingerprint density at radius 2 is 1.07 bits per heavy atom. The van der Waals surface area contributed by atoms with Gasteiger partial charge in [0.1, 0.15) is 0 Å². The van der Waals surface area contributed by atoms with Crippen LogP contribution in [0.3, 0.4) is 0 Å². The van der Waals surface area contributed by atoms with Gasteiger partial charge in [0.15, 0.2) is 0 Å². The van der Waals surface area contributed by atoms with Crippen LogP contribution < -0.4 is 11.5 Å². The van der Waals surface area contributed by atoms with Gasteiger partial charge in [0.25, 0.3) is 0 Å². The summed E-state index contributed by atoms with van der Waals surface area (Å²) in [5.41, 5.74) is 24.8. The minimum absolute atomic E-state index is 0.0659. The van der Waals surface area contributed by atoms with Gasteiger partial charge < -0.3 is 11.5 Å². The SMILES string of the molecule is CCCCCCCC1CCC(c2ccc(C(C)c3ccc(N)cc3C)cc2)(c2ccc(C(C)c3ccc(N)cc3C)cc2)CC1. The zero-order chi connectivity index (χ0) is 32.0. The number of hydrogen-bond donors (Lipinski definition) is 2. The number of anilines is 2. The molecule has 5 rings (SSSR count). The number of rotatable bonds is 12. The van der Waals surface area contributed by atoms with Gasteiger partial charge in [-0.1, -0.05) is 120 Å². The zero-order valence-corrected chi connectivity index (χ0v) is 28.5. The highest BCUT2D eigenvalue weighted by Crippen LogP contribution is 2.48. The molecule has 0 aromatic heterocycles.